The van der Waals surface area contributed by atoms with Crippen molar-refractivity contribution in [3.63, 3.8) is 0 Å². The molecule has 1 aromatic rings. The number of ether oxygens (including phenoxy) is 1. The molecular formula is C17H20ClF3N2O2. The van der Waals surface area contributed by atoms with Crippen molar-refractivity contribution in [2.45, 2.75) is 25.6 Å². The minimum atomic E-state index is -4.67. The molecule has 4 nitrogen and oxygen atoms in total. The van der Waals surface area contributed by atoms with Crippen molar-refractivity contribution in [2.75, 3.05) is 37.0 Å². The zero-order valence-electron chi connectivity index (χ0n) is 13.7. The minimum Gasteiger partial charge on any atom is -0.406 e. The number of amides is 1. The highest BCUT2D eigenvalue weighted by Gasteiger charge is 2.41. The number of benzene rings is 1. The molecule has 0 aromatic heterocycles. The fraction of sp³-hybridized carbons (Fsp3) is 0.588. The predicted octanol–water partition coefficient (Wildman–Crippen LogP) is 3.64. The van der Waals surface area contributed by atoms with Crippen molar-refractivity contribution < 1.29 is 22.7 Å². The van der Waals surface area contributed by atoms with E-state index in [4.69, 9.17) is 11.6 Å². The number of rotatable bonds is 3. The summed E-state index contributed by atoms with van der Waals surface area (Å²) < 4.78 is 40.6. The lowest BCUT2D eigenvalue weighted by atomic mass is 9.78. The number of halogens is 4. The number of hydrogen-bond donors (Lipinski definition) is 0. The lowest BCUT2D eigenvalue weighted by Gasteiger charge is -2.39. The Balaban J connectivity index is 1.59. The van der Waals surface area contributed by atoms with E-state index in [-0.39, 0.29) is 23.0 Å². The van der Waals surface area contributed by atoms with E-state index in [0.29, 0.717) is 0 Å². The van der Waals surface area contributed by atoms with Crippen LogP contribution in [0.4, 0.5) is 18.9 Å². The van der Waals surface area contributed by atoms with Gasteiger partial charge in [-0.2, -0.15) is 0 Å². The molecule has 25 heavy (non-hydrogen) atoms. The van der Waals surface area contributed by atoms with Crippen molar-refractivity contribution in [3.8, 4) is 5.75 Å². The van der Waals surface area contributed by atoms with Crippen LogP contribution in [-0.4, -0.2) is 49.2 Å². The van der Waals surface area contributed by atoms with Gasteiger partial charge in [0.1, 0.15) is 11.6 Å². The molecule has 2 aliphatic rings. The largest absolute Gasteiger partial charge is 0.573 e. The third-order valence-electron chi connectivity index (χ3n) is 5.16. The van der Waals surface area contributed by atoms with Crippen LogP contribution in [0.1, 0.15) is 19.3 Å². The highest BCUT2D eigenvalue weighted by molar-refractivity contribution is 6.27. The maximum Gasteiger partial charge on any atom is 0.573 e. The van der Waals surface area contributed by atoms with Gasteiger partial charge in [-0.1, -0.05) is 0 Å². The number of alkyl halides is 4. The summed E-state index contributed by atoms with van der Waals surface area (Å²) in [6, 6.07) is 6.00. The molecule has 0 unspecified atom stereocenters. The van der Waals surface area contributed by atoms with Crippen LogP contribution in [0.25, 0.3) is 0 Å². The predicted molar refractivity (Wildman–Crippen MR) is 88.9 cm³/mol. The van der Waals surface area contributed by atoms with E-state index in [0.717, 1.165) is 51.1 Å². The number of nitrogens with zero attached hydrogens (tertiary/aromatic N) is 2. The maximum atomic E-state index is 12.2. The molecule has 2 fully saturated rings. The number of likely N-dealkylation sites (tertiary alicyclic amines) is 1. The van der Waals surface area contributed by atoms with Gasteiger partial charge in [0.25, 0.3) is 0 Å². The molecule has 2 saturated heterocycles. The van der Waals surface area contributed by atoms with Crippen LogP contribution in [0.15, 0.2) is 24.3 Å². The molecule has 0 radical (unpaired) electrons. The van der Waals surface area contributed by atoms with E-state index in [1.54, 1.807) is 12.1 Å². The van der Waals surface area contributed by atoms with Gasteiger partial charge in [-0.3, -0.25) is 4.79 Å². The molecule has 1 spiro atoms. The Kier molecular flexibility index (Phi) is 5.04. The van der Waals surface area contributed by atoms with Gasteiger partial charge in [-0.05, 0) is 48.9 Å². The first-order valence-electron chi connectivity index (χ1n) is 8.25. The minimum absolute atomic E-state index is 0.0193. The Bertz CT molecular complexity index is 613. The first-order chi connectivity index (χ1) is 11.8. The summed E-state index contributed by atoms with van der Waals surface area (Å²) in [5, 5.41) is 0. The van der Waals surface area contributed by atoms with Crippen molar-refractivity contribution in [3.05, 3.63) is 24.3 Å². The lowest BCUT2D eigenvalue weighted by Crippen LogP contribution is -2.44. The van der Waals surface area contributed by atoms with Crippen molar-refractivity contribution in [2.24, 2.45) is 5.41 Å². The molecule has 0 atom stereocenters. The number of carbonyl (C=O) groups is 1. The highest BCUT2D eigenvalue weighted by Crippen LogP contribution is 2.42. The second kappa shape index (κ2) is 6.94. The maximum absolute atomic E-state index is 12.2. The van der Waals surface area contributed by atoms with Gasteiger partial charge in [-0.15, -0.1) is 24.8 Å². The fourth-order valence-electron chi connectivity index (χ4n) is 3.74. The normalized spacial score (nSPS) is 20.2. The molecule has 1 amide bonds. The smallest absolute Gasteiger partial charge is 0.406 e. The Hall–Kier alpha value is -1.63. The van der Waals surface area contributed by atoms with E-state index in [9.17, 15) is 18.0 Å². The molecule has 0 bridgehead atoms. The van der Waals surface area contributed by atoms with Crippen LogP contribution in [0.2, 0.25) is 0 Å². The van der Waals surface area contributed by atoms with Gasteiger partial charge in [0.2, 0.25) is 5.91 Å². The fourth-order valence-corrected chi connectivity index (χ4v) is 3.91. The third-order valence-corrected chi connectivity index (χ3v) is 5.39. The third kappa shape index (κ3) is 4.32. The molecular weight excluding hydrogens is 357 g/mol. The molecule has 8 heteroatoms. The van der Waals surface area contributed by atoms with Gasteiger partial charge in [-0.25, -0.2) is 0 Å². The summed E-state index contributed by atoms with van der Waals surface area (Å²) in [7, 11) is 0. The molecule has 0 aliphatic carbocycles. The number of hydrogen-bond acceptors (Lipinski definition) is 3. The summed E-state index contributed by atoms with van der Waals surface area (Å²) in [6.45, 7) is 3.16. The van der Waals surface area contributed by atoms with Crippen LogP contribution in [0.5, 0.6) is 5.75 Å². The summed E-state index contributed by atoms with van der Waals surface area (Å²) in [5.41, 5.74) is 1.07. The average molecular weight is 377 g/mol. The zero-order valence-corrected chi connectivity index (χ0v) is 14.4. The van der Waals surface area contributed by atoms with Crippen LogP contribution in [-0.2, 0) is 4.79 Å². The second-order valence-corrected chi connectivity index (χ2v) is 6.99. The van der Waals surface area contributed by atoms with Crippen molar-refractivity contribution in [1.29, 1.82) is 0 Å². The van der Waals surface area contributed by atoms with Crippen LogP contribution in [0, 0.1) is 5.41 Å². The molecule has 2 aliphatic heterocycles. The van der Waals surface area contributed by atoms with E-state index < -0.39 is 6.36 Å². The second-order valence-electron chi connectivity index (χ2n) is 6.73. The van der Waals surface area contributed by atoms with E-state index in [1.165, 1.54) is 12.1 Å². The number of anilines is 1. The topological polar surface area (TPSA) is 32.8 Å². The first-order valence-corrected chi connectivity index (χ1v) is 8.78. The van der Waals surface area contributed by atoms with Gasteiger partial charge >= 0.3 is 6.36 Å². The lowest BCUT2D eigenvalue weighted by molar-refractivity contribution is -0.274. The summed E-state index contributed by atoms with van der Waals surface area (Å²) in [5.74, 6) is -0.212. The first kappa shape index (κ1) is 18.2. The van der Waals surface area contributed by atoms with Crippen LogP contribution in [0.3, 0.4) is 0 Å². The standard InChI is InChI=1S/C17H20ClF3N2O2/c18-11-15(24)22-8-5-16(6-9-22)7-10-23(12-16)13-1-3-14(4-2-13)25-17(19,20)21/h1-4H,5-12H2. The molecule has 0 N–H and O–H groups in total. The molecule has 1 aromatic carbocycles. The average Bonchev–Trinajstić information content (AvgIpc) is 2.98. The molecule has 138 valence electrons. The summed E-state index contributed by atoms with van der Waals surface area (Å²) in [4.78, 5) is 15.7. The molecule has 2 heterocycles. The Morgan fingerprint density at radius 3 is 2.28 bits per heavy atom. The monoisotopic (exact) mass is 376 g/mol. The summed E-state index contributed by atoms with van der Waals surface area (Å²) in [6.07, 6.45) is -1.78. The zero-order chi connectivity index (χ0) is 18.1. The Labute approximate surface area is 149 Å². The van der Waals surface area contributed by atoms with Crippen LogP contribution >= 0.6 is 11.6 Å². The quantitative estimate of drug-likeness (QED) is 0.755. The number of piperidine rings is 1. The van der Waals surface area contributed by atoms with Crippen molar-refractivity contribution >= 4 is 23.2 Å². The SMILES string of the molecule is O=C(CCl)N1CCC2(CC1)CCN(c1ccc(OC(F)(F)F)cc1)C2. The Morgan fingerprint density at radius 2 is 1.72 bits per heavy atom. The number of carbonyl (C=O) groups excluding carboxylic acids is 1. The van der Waals surface area contributed by atoms with Gasteiger partial charge in [0.15, 0.2) is 0 Å². The van der Waals surface area contributed by atoms with Gasteiger partial charge in [0.05, 0.1) is 0 Å². The van der Waals surface area contributed by atoms with E-state index >= 15 is 0 Å². The van der Waals surface area contributed by atoms with E-state index in [2.05, 4.69) is 9.64 Å². The highest BCUT2D eigenvalue weighted by atomic mass is 35.5. The molecule has 3 rings (SSSR count). The van der Waals surface area contributed by atoms with Gasteiger partial charge in [0, 0.05) is 31.9 Å². The van der Waals surface area contributed by atoms with Crippen molar-refractivity contribution in [1.82, 2.24) is 4.90 Å². The summed E-state index contributed by atoms with van der Waals surface area (Å²) >= 11 is 5.61. The van der Waals surface area contributed by atoms with E-state index in [1.807, 2.05) is 4.90 Å². The van der Waals surface area contributed by atoms with Gasteiger partial charge < -0.3 is 14.5 Å². The molecule has 0 saturated carbocycles. The Morgan fingerprint density at radius 1 is 1.12 bits per heavy atom. The van der Waals surface area contributed by atoms with Crippen LogP contribution < -0.4 is 9.64 Å².